The number of thiocarbonyl (C=S) groups is 1. The number of aromatic nitrogens is 2. The first-order valence-electron chi connectivity index (χ1n) is 6.10. The minimum atomic E-state index is -0.297. The van der Waals surface area contributed by atoms with Crippen molar-refractivity contribution in [2.24, 2.45) is 5.73 Å². The Hall–Kier alpha value is -2.05. The van der Waals surface area contributed by atoms with E-state index in [1.54, 1.807) is 13.2 Å². The zero-order valence-electron chi connectivity index (χ0n) is 11.1. The van der Waals surface area contributed by atoms with Crippen LogP contribution in [0.4, 0.5) is 0 Å². The molecule has 0 atom stereocenters. The predicted molar refractivity (Wildman–Crippen MR) is 81.7 cm³/mol. The molecule has 5 nitrogen and oxygen atoms in total. The van der Waals surface area contributed by atoms with Crippen molar-refractivity contribution in [3.63, 3.8) is 0 Å². The third-order valence-electron chi connectivity index (χ3n) is 2.82. The van der Waals surface area contributed by atoms with Gasteiger partial charge in [-0.2, -0.15) is 5.10 Å². The second-order valence-electron chi connectivity index (χ2n) is 4.19. The predicted octanol–water partition coefficient (Wildman–Crippen LogP) is 1.19. The first-order chi connectivity index (χ1) is 9.63. The first-order valence-corrected chi connectivity index (χ1v) is 6.50. The number of rotatable bonds is 5. The molecule has 0 aliphatic carbocycles. The zero-order valence-corrected chi connectivity index (χ0v) is 11.9. The van der Waals surface area contributed by atoms with Crippen molar-refractivity contribution in [1.82, 2.24) is 9.78 Å². The highest BCUT2D eigenvalue weighted by molar-refractivity contribution is 7.80. The van der Waals surface area contributed by atoms with Crippen molar-refractivity contribution in [3.05, 3.63) is 52.3 Å². The molecule has 0 bridgehead atoms. The van der Waals surface area contributed by atoms with E-state index in [9.17, 15) is 4.79 Å². The first kappa shape index (κ1) is 14.4. The molecule has 1 aromatic heterocycles. The van der Waals surface area contributed by atoms with Crippen LogP contribution in [0.15, 0.2) is 41.2 Å². The summed E-state index contributed by atoms with van der Waals surface area (Å²) in [5.41, 5.74) is 7.17. The third-order valence-corrected chi connectivity index (χ3v) is 3.04. The Kier molecular flexibility index (Phi) is 4.60. The molecule has 0 unspecified atom stereocenters. The molecule has 0 radical (unpaired) electrons. The van der Waals surface area contributed by atoms with Gasteiger partial charge in [-0.3, -0.25) is 4.79 Å². The van der Waals surface area contributed by atoms with Gasteiger partial charge in [0, 0.05) is 12.7 Å². The van der Waals surface area contributed by atoms with Crippen molar-refractivity contribution in [2.75, 3.05) is 13.7 Å². The lowest BCUT2D eigenvalue weighted by Gasteiger charge is -2.09. The highest BCUT2D eigenvalue weighted by Gasteiger charge is 2.11. The fourth-order valence-corrected chi connectivity index (χ4v) is 1.94. The normalized spacial score (nSPS) is 10.4. The van der Waals surface area contributed by atoms with Gasteiger partial charge >= 0.3 is 0 Å². The highest BCUT2D eigenvalue weighted by atomic mass is 32.1. The lowest BCUT2D eigenvalue weighted by Crippen LogP contribution is -2.32. The van der Waals surface area contributed by atoms with Crippen molar-refractivity contribution in [1.29, 1.82) is 0 Å². The molecule has 0 saturated heterocycles. The van der Waals surface area contributed by atoms with Crippen LogP contribution in [0, 0.1) is 0 Å². The summed E-state index contributed by atoms with van der Waals surface area (Å²) in [4.78, 5) is 12.2. The number of hydrogen-bond acceptors (Lipinski definition) is 4. The largest absolute Gasteiger partial charge is 0.389 e. The van der Waals surface area contributed by atoms with Crippen LogP contribution in [-0.4, -0.2) is 28.5 Å². The lowest BCUT2D eigenvalue weighted by molar-refractivity contribution is 0.182. The summed E-state index contributed by atoms with van der Waals surface area (Å²) in [5, 5.41) is 4.33. The number of nitrogens with two attached hydrogens (primary N) is 1. The Bertz CT molecular complexity index is 668. The molecule has 2 rings (SSSR count). The maximum Gasteiger partial charge on any atom is 0.277 e. The molecule has 0 fully saturated rings. The summed E-state index contributed by atoms with van der Waals surface area (Å²) in [6.45, 7) is 0.744. The molecule has 1 aromatic carbocycles. The van der Waals surface area contributed by atoms with Crippen LogP contribution < -0.4 is 11.3 Å². The lowest BCUT2D eigenvalue weighted by atomic mass is 10.1. The monoisotopic (exact) mass is 289 g/mol. The topological polar surface area (TPSA) is 70.1 Å². The molecule has 0 spiro atoms. The van der Waals surface area contributed by atoms with E-state index in [2.05, 4.69) is 5.10 Å². The van der Waals surface area contributed by atoms with Crippen LogP contribution in [0.25, 0.3) is 11.3 Å². The maximum atomic E-state index is 12.2. The molecule has 20 heavy (non-hydrogen) atoms. The van der Waals surface area contributed by atoms with Gasteiger partial charge in [-0.15, -0.1) is 0 Å². The molecule has 104 valence electrons. The number of ether oxygens (including phenoxy) is 1. The van der Waals surface area contributed by atoms with E-state index >= 15 is 0 Å². The molecule has 6 heteroatoms. The van der Waals surface area contributed by atoms with E-state index < -0.39 is 0 Å². The number of nitrogens with zero attached hydrogens (tertiary/aromatic N) is 2. The number of hydrogen-bond donors (Lipinski definition) is 1. The smallest absolute Gasteiger partial charge is 0.277 e. The van der Waals surface area contributed by atoms with Gasteiger partial charge < -0.3 is 10.5 Å². The molecular formula is C14H15N3O2S. The Morgan fingerprint density at radius 1 is 1.40 bits per heavy atom. The van der Waals surface area contributed by atoms with E-state index in [1.807, 2.05) is 30.3 Å². The Morgan fingerprint density at radius 3 is 2.70 bits per heavy atom. The molecule has 2 aromatic rings. The standard InChI is InChI=1S/C14H15N3O2S/c1-19-8-7-17-14(18)11(13(15)20)9-12(16-17)10-5-3-2-4-6-10/h2-6,9H,7-8H2,1H3,(H2,15,20). The summed E-state index contributed by atoms with van der Waals surface area (Å²) in [7, 11) is 1.57. The minimum Gasteiger partial charge on any atom is -0.389 e. The van der Waals surface area contributed by atoms with Crippen molar-refractivity contribution < 1.29 is 4.74 Å². The molecule has 2 N–H and O–H groups in total. The van der Waals surface area contributed by atoms with Gasteiger partial charge in [0.25, 0.3) is 5.56 Å². The Morgan fingerprint density at radius 2 is 2.10 bits per heavy atom. The van der Waals surface area contributed by atoms with Crippen LogP contribution in [0.3, 0.4) is 0 Å². The van der Waals surface area contributed by atoms with Gasteiger partial charge in [-0.25, -0.2) is 4.68 Å². The quantitative estimate of drug-likeness (QED) is 0.837. The van der Waals surface area contributed by atoms with Crippen molar-refractivity contribution in [2.45, 2.75) is 6.54 Å². The molecular weight excluding hydrogens is 274 g/mol. The van der Waals surface area contributed by atoms with E-state index in [4.69, 9.17) is 22.7 Å². The molecule has 0 saturated carbocycles. The number of benzene rings is 1. The van der Waals surface area contributed by atoms with Crippen molar-refractivity contribution >= 4 is 17.2 Å². The summed E-state index contributed by atoms with van der Waals surface area (Å²) in [6, 6.07) is 11.2. The summed E-state index contributed by atoms with van der Waals surface area (Å²) in [6.07, 6.45) is 0. The molecule has 0 aliphatic rings. The maximum absolute atomic E-state index is 12.2. The minimum absolute atomic E-state index is 0.0701. The summed E-state index contributed by atoms with van der Waals surface area (Å²) < 4.78 is 6.32. The van der Waals surface area contributed by atoms with Crippen LogP contribution in [0.2, 0.25) is 0 Å². The van der Waals surface area contributed by atoms with Crippen LogP contribution in [0.5, 0.6) is 0 Å². The van der Waals surface area contributed by atoms with Crippen LogP contribution >= 0.6 is 12.2 Å². The van der Waals surface area contributed by atoms with Gasteiger partial charge in [-0.05, 0) is 6.07 Å². The van der Waals surface area contributed by atoms with E-state index in [0.29, 0.717) is 24.4 Å². The van der Waals surface area contributed by atoms with E-state index in [-0.39, 0.29) is 10.5 Å². The van der Waals surface area contributed by atoms with E-state index in [0.717, 1.165) is 5.56 Å². The van der Waals surface area contributed by atoms with Gasteiger partial charge in [0.2, 0.25) is 0 Å². The third kappa shape index (κ3) is 3.09. The van der Waals surface area contributed by atoms with Crippen LogP contribution in [0.1, 0.15) is 5.56 Å². The highest BCUT2D eigenvalue weighted by Crippen LogP contribution is 2.15. The fourth-order valence-electron chi connectivity index (χ4n) is 1.80. The van der Waals surface area contributed by atoms with Crippen molar-refractivity contribution in [3.8, 4) is 11.3 Å². The number of methoxy groups -OCH3 is 1. The Labute approximate surface area is 122 Å². The molecule has 0 amide bonds. The van der Waals surface area contributed by atoms with Gasteiger partial charge in [0.15, 0.2) is 0 Å². The van der Waals surface area contributed by atoms with Crippen LogP contribution in [-0.2, 0) is 11.3 Å². The summed E-state index contributed by atoms with van der Waals surface area (Å²) in [5.74, 6) is 0. The fraction of sp³-hybridized carbons (Fsp3) is 0.214. The van der Waals surface area contributed by atoms with E-state index in [1.165, 1.54) is 4.68 Å². The Balaban J connectivity index is 2.56. The molecule has 0 aliphatic heterocycles. The molecule has 1 heterocycles. The average molecular weight is 289 g/mol. The second-order valence-corrected chi connectivity index (χ2v) is 4.63. The van der Waals surface area contributed by atoms with Gasteiger partial charge in [0.1, 0.15) is 4.99 Å². The van der Waals surface area contributed by atoms with Gasteiger partial charge in [-0.1, -0.05) is 42.5 Å². The summed E-state index contributed by atoms with van der Waals surface area (Å²) >= 11 is 4.94. The zero-order chi connectivity index (χ0) is 14.5. The SMILES string of the molecule is COCCn1nc(-c2ccccc2)cc(C(N)=S)c1=O. The average Bonchev–Trinajstić information content (AvgIpc) is 2.46. The second kappa shape index (κ2) is 6.40. The van der Waals surface area contributed by atoms with Gasteiger partial charge in [0.05, 0.1) is 24.4 Å².